The summed E-state index contributed by atoms with van der Waals surface area (Å²) in [5, 5.41) is 17.1. The first-order chi connectivity index (χ1) is 3.68. The Balaban J connectivity index is 3.63. The lowest BCUT2D eigenvalue weighted by molar-refractivity contribution is 0.0625. The molecule has 0 bridgehead atoms. The summed E-state index contributed by atoms with van der Waals surface area (Å²) < 4.78 is 0. The van der Waals surface area contributed by atoms with Crippen molar-refractivity contribution < 1.29 is 15.0 Å². The van der Waals surface area contributed by atoms with Crippen LogP contribution in [0, 0.1) is 0 Å². The maximum absolute atomic E-state index is 9.47. The van der Waals surface area contributed by atoms with E-state index in [1.165, 1.54) is 12.9 Å². The van der Waals surface area contributed by atoms with E-state index in [2.05, 4.69) is 0 Å². The standard InChI is InChI=1S/C5H8O3/c1-4(7)5(8)2-3-6/h2,4-5,7-8H,1H3. The van der Waals surface area contributed by atoms with E-state index in [1.807, 2.05) is 0 Å². The number of hydrogen-bond donors (Lipinski definition) is 2. The molecule has 0 rings (SSSR count). The van der Waals surface area contributed by atoms with Crippen molar-refractivity contribution in [1.29, 1.82) is 0 Å². The van der Waals surface area contributed by atoms with Crippen LogP contribution in [0.1, 0.15) is 6.92 Å². The van der Waals surface area contributed by atoms with Gasteiger partial charge in [0.15, 0.2) is 0 Å². The van der Waals surface area contributed by atoms with E-state index < -0.39 is 12.2 Å². The van der Waals surface area contributed by atoms with Crippen LogP contribution in [-0.4, -0.2) is 28.4 Å². The van der Waals surface area contributed by atoms with E-state index in [0.717, 1.165) is 6.08 Å². The fourth-order valence-corrected chi connectivity index (χ4v) is 0.209. The molecule has 3 heteroatoms. The molecule has 0 spiro atoms. The Morgan fingerprint density at radius 2 is 2.12 bits per heavy atom. The first kappa shape index (κ1) is 7.37. The van der Waals surface area contributed by atoms with Crippen LogP contribution in [0.4, 0.5) is 0 Å². The quantitative estimate of drug-likeness (QED) is 0.460. The van der Waals surface area contributed by atoms with Gasteiger partial charge in [-0.1, -0.05) is 0 Å². The molecule has 2 unspecified atom stereocenters. The van der Waals surface area contributed by atoms with E-state index in [-0.39, 0.29) is 0 Å². The molecule has 0 aromatic rings. The molecule has 8 heavy (non-hydrogen) atoms. The predicted octanol–water partition coefficient (Wildman–Crippen LogP) is -0.884. The molecular weight excluding hydrogens is 108 g/mol. The minimum atomic E-state index is -1.08. The lowest BCUT2D eigenvalue weighted by Crippen LogP contribution is -2.19. The SMILES string of the molecule is CC(O)C(O)C=C=O. The summed E-state index contributed by atoms with van der Waals surface area (Å²) in [6.45, 7) is 1.39. The molecule has 46 valence electrons. The highest BCUT2D eigenvalue weighted by molar-refractivity contribution is 5.46. The number of aliphatic hydroxyl groups is 2. The summed E-state index contributed by atoms with van der Waals surface area (Å²) in [7, 11) is 0. The summed E-state index contributed by atoms with van der Waals surface area (Å²) in [5.41, 5.74) is 0. The molecule has 0 aromatic carbocycles. The van der Waals surface area contributed by atoms with Crippen LogP contribution in [0.2, 0.25) is 0 Å². The zero-order valence-electron chi connectivity index (χ0n) is 4.53. The fraction of sp³-hybridized carbons (Fsp3) is 0.600. The van der Waals surface area contributed by atoms with E-state index in [0.29, 0.717) is 0 Å². The first-order valence-electron chi connectivity index (χ1n) is 2.25. The molecule has 0 fully saturated rings. The predicted molar refractivity (Wildman–Crippen MR) is 28.0 cm³/mol. The Morgan fingerprint density at radius 1 is 1.62 bits per heavy atom. The van der Waals surface area contributed by atoms with Gasteiger partial charge >= 0.3 is 0 Å². The smallest absolute Gasteiger partial charge is 0.122 e. The van der Waals surface area contributed by atoms with E-state index >= 15 is 0 Å². The second kappa shape index (κ2) is 3.38. The van der Waals surface area contributed by atoms with Gasteiger partial charge in [0.05, 0.1) is 6.10 Å². The second-order valence-corrected chi connectivity index (χ2v) is 1.52. The molecular formula is C5H8O3. The largest absolute Gasteiger partial charge is 0.390 e. The highest BCUT2D eigenvalue weighted by Crippen LogP contribution is 1.89. The third-order valence-corrected chi connectivity index (χ3v) is 0.733. The summed E-state index contributed by atoms with van der Waals surface area (Å²) in [6.07, 6.45) is -1.10. The molecule has 3 nitrogen and oxygen atoms in total. The monoisotopic (exact) mass is 116 g/mol. The van der Waals surface area contributed by atoms with Gasteiger partial charge in [-0.2, -0.15) is 0 Å². The van der Waals surface area contributed by atoms with Crippen molar-refractivity contribution in [2.24, 2.45) is 0 Å². The summed E-state index contributed by atoms with van der Waals surface area (Å²) in [4.78, 5) is 9.47. The zero-order chi connectivity index (χ0) is 6.57. The molecule has 0 aliphatic carbocycles. The number of carbonyl (C=O) groups excluding carboxylic acids is 1. The molecule has 0 aromatic heterocycles. The van der Waals surface area contributed by atoms with Gasteiger partial charge in [-0.05, 0) is 6.92 Å². The minimum absolute atomic E-state index is 0.866. The summed E-state index contributed by atoms with van der Waals surface area (Å²) in [6, 6.07) is 0. The van der Waals surface area contributed by atoms with Crippen molar-refractivity contribution in [2.75, 3.05) is 0 Å². The van der Waals surface area contributed by atoms with Crippen LogP contribution >= 0.6 is 0 Å². The molecule has 0 aliphatic heterocycles. The molecule has 0 amide bonds. The van der Waals surface area contributed by atoms with Crippen molar-refractivity contribution >= 4 is 5.94 Å². The number of aliphatic hydroxyl groups excluding tert-OH is 2. The van der Waals surface area contributed by atoms with Crippen molar-refractivity contribution in [3.63, 3.8) is 0 Å². The second-order valence-electron chi connectivity index (χ2n) is 1.52. The fourth-order valence-electron chi connectivity index (χ4n) is 0.209. The lowest BCUT2D eigenvalue weighted by Gasteiger charge is -2.04. The molecule has 2 N–H and O–H groups in total. The van der Waals surface area contributed by atoms with Crippen molar-refractivity contribution in [1.82, 2.24) is 0 Å². The molecule has 2 atom stereocenters. The Labute approximate surface area is 47.3 Å². The summed E-state index contributed by atoms with van der Waals surface area (Å²) >= 11 is 0. The van der Waals surface area contributed by atoms with Crippen LogP contribution in [-0.2, 0) is 4.79 Å². The van der Waals surface area contributed by atoms with Gasteiger partial charge in [-0.15, -0.1) is 0 Å². The van der Waals surface area contributed by atoms with Crippen molar-refractivity contribution in [2.45, 2.75) is 19.1 Å². The molecule has 0 saturated heterocycles. The Morgan fingerprint density at radius 3 is 2.25 bits per heavy atom. The highest BCUT2D eigenvalue weighted by atomic mass is 16.3. The Kier molecular flexibility index (Phi) is 3.12. The first-order valence-corrected chi connectivity index (χ1v) is 2.25. The molecule has 0 saturated carbocycles. The number of rotatable bonds is 2. The number of hydrogen-bond acceptors (Lipinski definition) is 3. The van der Waals surface area contributed by atoms with Gasteiger partial charge in [0, 0.05) is 6.08 Å². The average Bonchev–Trinajstić information content (AvgIpc) is 1.67. The third-order valence-electron chi connectivity index (χ3n) is 0.733. The lowest BCUT2D eigenvalue weighted by atomic mass is 10.2. The van der Waals surface area contributed by atoms with E-state index in [9.17, 15) is 4.79 Å². The van der Waals surface area contributed by atoms with Gasteiger partial charge in [0.1, 0.15) is 12.0 Å². The van der Waals surface area contributed by atoms with Crippen LogP contribution in [0.3, 0.4) is 0 Å². The minimum Gasteiger partial charge on any atom is -0.390 e. The van der Waals surface area contributed by atoms with E-state index in [1.54, 1.807) is 0 Å². The maximum atomic E-state index is 9.47. The van der Waals surface area contributed by atoms with E-state index in [4.69, 9.17) is 10.2 Å². The van der Waals surface area contributed by atoms with Gasteiger partial charge in [0.2, 0.25) is 0 Å². The van der Waals surface area contributed by atoms with Crippen LogP contribution in [0.15, 0.2) is 6.08 Å². The highest BCUT2D eigenvalue weighted by Gasteiger charge is 2.04. The van der Waals surface area contributed by atoms with Gasteiger partial charge in [0.25, 0.3) is 0 Å². The normalized spacial score (nSPS) is 16.4. The zero-order valence-corrected chi connectivity index (χ0v) is 4.53. The van der Waals surface area contributed by atoms with Crippen molar-refractivity contribution in [3.8, 4) is 0 Å². The molecule has 0 heterocycles. The molecule has 0 radical (unpaired) electrons. The topological polar surface area (TPSA) is 57.5 Å². The molecule has 0 aliphatic rings. The summed E-state index contributed by atoms with van der Waals surface area (Å²) in [5.74, 6) is 1.36. The van der Waals surface area contributed by atoms with Crippen molar-refractivity contribution in [3.05, 3.63) is 6.08 Å². The average molecular weight is 116 g/mol. The van der Waals surface area contributed by atoms with Crippen LogP contribution in [0.25, 0.3) is 0 Å². The maximum Gasteiger partial charge on any atom is 0.122 e. The van der Waals surface area contributed by atoms with Gasteiger partial charge < -0.3 is 10.2 Å². The Hall–Kier alpha value is -0.630. The van der Waals surface area contributed by atoms with Crippen LogP contribution in [0.5, 0.6) is 0 Å². The Bertz CT molecular complexity index is 102. The van der Waals surface area contributed by atoms with Gasteiger partial charge in [-0.25, -0.2) is 4.79 Å². The third kappa shape index (κ3) is 2.53. The van der Waals surface area contributed by atoms with Crippen LogP contribution < -0.4 is 0 Å². The van der Waals surface area contributed by atoms with Gasteiger partial charge in [-0.3, -0.25) is 0 Å².